The van der Waals surface area contributed by atoms with Crippen molar-refractivity contribution in [2.45, 2.75) is 6.92 Å². The Kier molecular flexibility index (Phi) is 3.24. The third-order valence-electron chi connectivity index (χ3n) is 3.51. The van der Waals surface area contributed by atoms with Crippen LogP contribution in [-0.2, 0) is 13.6 Å². The summed E-state index contributed by atoms with van der Waals surface area (Å²) in [5.41, 5.74) is 0.959. The van der Waals surface area contributed by atoms with Crippen molar-refractivity contribution in [3.63, 3.8) is 0 Å². The predicted molar refractivity (Wildman–Crippen MR) is 79.2 cm³/mol. The molecular weight excluding hydrogens is 293 g/mol. The Morgan fingerprint density at radius 3 is 2.43 bits per heavy atom. The van der Waals surface area contributed by atoms with E-state index >= 15 is 0 Å². The molecule has 0 aliphatic rings. The zero-order valence-corrected chi connectivity index (χ0v) is 12.7. The smallest absolute Gasteiger partial charge is 0.365 e. The standard InChI is InChI=1S/C14H14NO5P/c1-8-11-13(20-15-8)10-7-5-4-6-9(10)12(16)14(11)21(17,18-2)19-3/h4-7,16H,1-3H3. The first-order valence-corrected chi connectivity index (χ1v) is 7.79. The number of nitrogens with zero attached hydrogens (tertiary/aromatic N) is 1. The molecule has 0 aliphatic carbocycles. The number of phenolic OH excluding ortho intramolecular Hbond substituents is 1. The van der Waals surface area contributed by atoms with Gasteiger partial charge in [0, 0.05) is 25.0 Å². The molecule has 0 spiro atoms. The Labute approximate surface area is 120 Å². The molecule has 3 aromatic rings. The minimum absolute atomic E-state index is 0.0833. The summed E-state index contributed by atoms with van der Waals surface area (Å²) in [5, 5.41) is 16.2. The van der Waals surface area contributed by atoms with E-state index in [1.165, 1.54) is 14.2 Å². The van der Waals surface area contributed by atoms with Crippen molar-refractivity contribution < 1.29 is 23.2 Å². The number of phenols is 1. The van der Waals surface area contributed by atoms with Crippen molar-refractivity contribution in [2.75, 3.05) is 14.2 Å². The molecule has 7 heteroatoms. The molecule has 0 aliphatic heterocycles. The monoisotopic (exact) mass is 307 g/mol. The first-order valence-electron chi connectivity index (χ1n) is 6.25. The third-order valence-corrected chi connectivity index (χ3v) is 5.45. The van der Waals surface area contributed by atoms with Crippen molar-refractivity contribution in [1.82, 2.24) is 5.16 Å². The highest BCUT2D eigenvalue weighted by Gasteiger charge is 2.34. The molecule has 0 fully saturated rings. The van der Waals surface area contributed by atoms with Gasteiger partial charge in [0.1, 0.15) is 11.1 Å². The lowest BCUT2D eigenvalue weighted by Crippen LogP contribution is -2.11. The van der Waals surface area contributed by atoms with Crippen LogP contribution in [0.1, 0.15) is 5.69 Å². The molecule has 0 amide bonds. The Bertz CT molecular complexity index is 878. The molecule has 0 atom stereocenters. The number of hydrogen-bond donors (Lipinski definition) is 1. The van der Waals surface area contributed by atoms with E-state index in [4.69, 9.17) is 13.6 Å². The Morgan fingerprint density at radius 1 is 1.19 bits per heavy atom. The maximum Gasteiger partial charge on any atom is 0.365 e. The Morgan fingerprint density at radius 2 is 1.81 bits per heavy atom. The summed E-state index contributed by atoms with van der Waals surface area (Å²) in [6.45, 7) is 1.71. The van der Waals surface area contributed by atoms with Crippen LogP contribution in [0, 0.1) is 6.92 Å². The summed E-state index contributed by atoms with van der Waals surface area (Å²) >= 11 is 0. The molecule has 6 nitrogen and oxygen atoms in total. The summed E-state index contributed by atoms with van der Waals surface area (Å²) in [7, 11) is -1.12. The topological polar surface area (TPSA) is 81.8 Å². The summed E-state index contributed by atoms with van der Waals surface area (Å²) in [4.78, 5) is 0. The molecule has 2 aromatic carbocycles. The second-order valence-corrected chi connectivity index (χ2v) is 6.75. The van der Waals surface area contributed by atoms with E-state index in [9.17, 15) is 9.67 Å². The van der Waals surface area contributed by atoms with Gasteiger partial charge in [-0.2, -0.15) is 0 Å². The SMILES string of the molecule is COP(=O)(OC)c1c(O)c2ccccc2c2onc(C)c12. The molecule has 1 aromatic heterocycles. The van der Waals surface area contributed by atoms with Gasteiger partial charge in [-0.15, -0.1) is 0 Å². The number of aromatic hydroxyl groups is 1. The van der Waals surface area contributed by atoms with Crippen LogP contribution < -0.4 is 5.30 Å². The zero-order valence-electron chi connectivity index (χ0n) is 11.8. The van der Waals surface area contributed by atoms with E-state index in [0.29, 0.717) is 27.4 Å². The summed E-state index contributed by atoms with van der Waals surface area (Å²) < 4.78 is 28.2. The van der Waals surface area contributed by atoms with Gasteiger partial charge in [0.05, 0.1) is 11.1 Å². The number of hydrogen-bond acceptors (Lipinski definition) is 6. The van der Waals surface area contributed by atoms with Gasteiger partial charge < -0.3 is 18.7 Å². The van der Waals surface area contributed by atoms with Crippen molar-refractivity contribution >= 4 is 34.6 Å². The summed E-state index contributed by atoms with van der Waals surface area (Å²) in [5.74, 6) is -0.142. The Balaban J connectivity index is 2.60. The number of aromatic nitrogens is 1. The highest BCUT2D eigenvalue weighted by Crippen LogP contribution is 2.51. The number of benzene rings is 2. The molecule has 0 radical (unpaired) electrons. The fourth-order valence-electron chi connectivity index (χ4n) is 2.49. The maximum atomic E-state index is 12.8. The van der Waals surface area contributed by atoms with E-state index in [-0.39, 0.29) is 11.1 Å². The van der Waals surface area contributed by atoms with Gasteiger partial charge in [-0.05, 0) is 6.92 Å². The van der Waals surface area contributed by atoms with Crippen molar-refractivity contribution in [3.8, 4) is 5.75 Å². The number of fused-ring (bicyclic) bond motifs is 3. The third kappa shape index (κ3) is 1.87. The van der Waals surface area contributed by atoms with Gasteiger partial charge >= 0.3 is 7.60 Å². The average molecular weight is 307 g/mol. The molecule has 0 saturated heterocycles. The number of aryl methyl sites for hydroxylation is 1. The molecule has 1 heterocycles. The predicted octanol–water partition coefficient (Wildman–Crippen LogP) is 3.11. The van der Waals surface area contributed by atoms with Crippen LogP contribution >= 0.6 is 7.60 Å². The van der Waals surface area contributed by atoms with Crippen LogP contribution in [0.5, 0.6) is 5.75 Å². The number of rotatable bonds is 3. The molecule has 110 valence electrons. The molecular formula is C14H14NO5P. The van der Waals surface area contributed by atoms with Crippen LogP contribution in [0.2, 0.25) is 0 Å². The molecule has 3 rings (SSSR count). The van der Waals surface area contributed by atoms with Crippen LogP contribution in [0.3, 0.4) is 0 Å². The molecule has 1 N–H and O–H groups in total. The van der Waals surface area contributed by atoms with Gasteiger partial charge in [-0.3, -0.25) is 4.57 Å². The fourth-order valence-corrected chi connectivity index (χ4v) is 3.92. The lowest BCUT2D eigenvalue weighted by atomic mass is 10.1. The molecule has 0 saturated carbocycles. The minimum Gasteiger partial charge on any atom is -0.506 e. The van der Waals surface area contributed by atoms with Crippen molar-refractivity contribution in [1.29, 1.82) is 0 Å². The Hall–Kier alpha value is -1.88. The highest BCUT2D eigenvalue weighted by atomic mass is 31.2. The molecule has 21 heavy (non-hydrogen) atoms. The minimum atomic E-state index is -3.66. The van der Waals surface area contributed by atoms with Crippen molar-refractivity contribution in [3.05, 3.63) is 30.0 Å². The van der Waals surface area contributed by atoms with Crippen LogP contribution in [-0.4, -0.2) is 24.5 Å². The van der Waals surface area contributed by atoms with Gasteiger partial charge in [0.2, 0.25) is 0 Å². The normalized spacial score (nSPS) is 12.3. The molecule has 0 bridgehead atoms. The van der Waals surface area contributed by atoms with E-state index in [2.05, 4.69) is 5.16 Å². The second-order valence-electron chi connectivity index (χ2n) is 4.58. The highest BCUT2D eigenvalue weighted by molar-refractivity contribution is 7.63. The molecule has 0 unspecified atom stereocenters. The zero-order chi connectivity index (χ0) is 15.2. The van der Waals surface area contributed by atoms with Crippen LogP contribution in [0.25, 0.3) is 21.7 Å². The van der Waals surface area contributed by atoms with E-state index in [1.54, 1.807) is 25.1 Å². The lowest BCUT2D eigenvalue weighted by Gasteiger charge is -2.17. The van der Waals surface area contributed by atoms with Gasteiger partial charge in [-0.1, -0.05) is 29.4 Å². The first kappa shape index (κ1) is 14.1. The first-order chi connectivity index (χ1) is 10.0. The van der Waals surface area contributed by atoms with Gasteiger partial charge in [0.15, 0.2) is 5.58 Å². The van der Waals surface area contributed by atoms with E-state index in [1.807, 2.05) is 6.07 Å². The van der Waals surface area contributed by atoms with Crippen molar-refractivity contribution in [2.24, 2.45) is 0 Å². The summed E-state index contributed by atoms with van der Waals surface area (Å²) in [6, 6.07) is 7.10. The fraction of sp³-hybridized carbons (Fsp3) is 0.214. The van der Waals surface area contributed by atoms with Crippen LogP contribution in [0.4, 0.5) is 0 Å². The van der Waals surface area contributed by atoms with E-state index < -0.39 is 7.60 Å². The lowest BCUT2D eigenvalue weighted by molar-refractivity contribution is 0.286. The quantitative estimate of drug-likeness (QED) is 0.749. The van der Waals surface area contributed by atoms with Gasteiger partial charge in [0.25, 0.3) is 0 Å². The average Bonchev–Trinajstić information content (AvgIpc) is 2.89. The van der Waals surface area contributed by atoms with Crippen LogP contribution in [0.15, 0.2) is 28.8 Å². The van der Waals surface area contributed by atoms with E-state index in [0.717, 1.165) is 0 Å². The van der Waals surface area contributed by atoms with Gasteiger partial charge in [-0.25, -0.2) is 0 Å². The largest absolute Gasteiger partial charge is 0.506 e. The second kappa shape index (κ2) is 4.84. The maximum absolute atomic E-state index is 12.8. The summed E-state index contributed by atoms with van der Waals surface area (Å²) in [6.07, 6.45) is 0.